The molecule has 1 aliphatic heterocycles. The van der Waals surface area contributed by atoms with Crippen LogP contribution in [0.15, 0.2) is 48.5 Å². The van der Waals surface area contributed by atoms with Crippen LogP contribution in [0.3, 0.4) is 0 Å². The van der Waals surface area contributed by atoms with E-state index in [0.29, 0.717) is 25.4 Å². The van der Waals surface area contributed by atoms with Gasteiger partial charge in [0.25, 0.3) is 0 Å². The maximum Gasteiger partial charge on any atom is 0.227 e. The number of benzene rings is 2. The zero-order chi connectivity index (χ0) is 20.6. The Hall–Kier alpha value is -3.02. The van der Waals surface area contributed by atoms with Gasteiger partial charge in [-0.2, -0.15) is 0 Å². The Morgan fingerprint density at radius 2 is 1.90 bits per heavy atom. The van der Waals surface area contributed by atoms with Crippen LogP contribution < -0.4 is 19.7 Å². The fraction of sp³-hybridized carbons (Fsp3) is 0.391. The second kappa shape index (κ2) is 9.96. The minimum Gasteiger partial charge on any atom is -0.494 e. The van der Waals surface area contributed by atoms with Gasteiger partial charge in [0.05, 0.1) is 18.8 Å². The lowest BCUT2D eigenvalue weighted by Gasteiger charge is -2.33. The van der Waals surface area contributed by atoms with E-state index in [-0.39, 0.29) is 30.8 Å². The molecule has 1 aliphatic rings. The first-order valence-electron chi connectivity index (χ1n) is 10.1. The van der Waals surface area contributed by atoms with E-state index in [1.165, 1.54) is 0 Å². The molecular weight excluding hydrogens is 368 g/mol. The van der Waals surface area contributed by atoms with Crippen LogP contribution in [0.2, 0.25) is 0 Å². The number of anilines is 1. The topological polar surface area (TPSA) is 67.9 Å². The van der Waals surface area contributed by atoms with Gasteiger partial charge in [-0.3, -0.25) is 9.59 Å². The number of carbonyl (C=O) groups excluding carboxylic acids is 2. The average Bonchev–Trinajstić information content (AvgIpc) is 2.74. The molecule has 1 N–H and O–H groups in total. The Morgan fingerprint density at radius 1 is 1.14 bits per heavy atom. The molecule has 2 amide bonds. The molecule has 1 heterocycles. The molecule has 0 saturated heterocycles. The summed E-state index contributed by atoms with van der Waals surface area (Å²) in [6.45, 7) is 5.60. The molecule has 6 nitrogen and oxygen atoms in total. The molecule has 6 heteroatoms. The standard InChI is InChI=1S/C23H28N2O4/c1-3-14-28-19-10-8-18(9-11-19)15-24-22(26)12-13-23(27)25-16-17(2)29-21-7-5-4-6-20(21)25/h4-11,17H,3,12-16H2,1-2H3,(H,24,26)/t17-/m0/s1. The van der Waals surface area contributed by atoms with Gasteiger partial charge in [-0.25, -0.2) is 0 Å². The summed E-state index contributed by atoms with van der Waals surface area (Å²) in [5.74, 6) is 1.32. The minimum atomic E-state index is -0.140. The number of nitrogens with one attached hydrogen (secondary N) is 1. The van der Waals surface area contributed by atoms with Crippen molar-refractivity contribution in [1.29, 1.82) is 0 Å². The largest absolute Gasteiger partial charge is 0.494 e. The van der Waals surface area contributed by atoms with E-state index in [4.69, 9.17) is 9.47 Å². The van der Waals surface area contributed by atoms with Crippen molar-refractivity contribution < 1.29 is 19.1 Å². The molecule has 29 heavy (non-hydrogen) atoms. The van der Waals surface area contributed by atoms with Crippen molar-refractivity contribution in [3.05, 3.63) is 54.1 Å². The lowest BCUT2D eigenvalue weighted by atomic mass is 10.1. The third-order valence-electron chi connectivity index (χ3n) is 4.68. The molecule has 0 bridgehead atoms. The zero-order valence-electron chi connectivity index (χ0n) is 17.0. The first-order chi connectivity index (χ1) is 14.1. The van der Waals surface area contributed by atoms with Crippen LogP contribution in [-0.2, 0) is 16.1 Å². The molecule has 0 unspecified atom stereocenters. The van der Waals surface area contributed by atoms with Crippen LogP contribution in [0.5, 0.6) is 11.5 Å². The molecule has 1 atom stereocenters. The molecule has 0 aliphatic carbocycles. The van der Waals surface area contributed by atoms with Crippen LogP contribution in [0.1, 0.15) is 38.7 Å². The van der Waals surface area contributed by atoms with Gasteiger partial charge in [-0.05, 0) is 43.2 Å². The number of hydrogen-bond donors (Lipinski definition) is 1. The van der Waals surface area contributed by atoms with Gasteiger partial charge >= 0.3 is 0 Å². The number of carbonyl (C=O) groups is 2. The Morgan fingerprint density at radius 3 is 2.66 bits per heavy atom. The van der Waals surface area contributed by atoms with Crippen LogP contribution in [0.25, 0.3) is 0 Å². The van der Waals surface area contributed by atoms with Crippen molar-refractivity contribution in [1.82, 2.24) is 5.32 Å². The Bertz CT molecular complexity index is 835. The molecule has 154 valence electrons. The summed E-state index contributed by atoms with van der Waals surface area (Å²) in [6, 6.07) is 15.2. The highest BCUT2D eigenvalue weighted by Gasteiger charge is 2.27. The van der Waals surface area contributed by atoms with E-state index in [0.717, 1.165) is 23.4 Å². The minimum absolute atomic E-state index is 0.0693. The van der Waals surface area contributed by atoms with E-state index in [9.17, 15) is 9.59 Å². The summed E-state index contributed by atoms with van der Waals surface area (Å²) in [4.78, 5) is 26.6. The van der Waals surface area contributed by atoms with E-state index in [1.807, 2.05) is 55.5 Å². The number of hydrogen-bond acceptors (Lipinski definition) is 4. The van der Waals surface area contributed by atoms with Gasteiger partial charge in [-0.15, -0.1) is 0 Å². The van der Waals surface area contributed by atoms with Crippen molar-refractivity contribution in [2.24, 2.45) is 0 Å². The second-order valence-corrected chi connectivity index (χ2v) is 7.17. The van der Waals surface area contributed by atoms with E-state index in [1.54, 1.807) is 4.90 Å². The fourth-order valence-corrected chi connectivity index (χ4v) is 3.19. The summed E-state index contributed by atoms with van der Waals surface area (Å²) >= 11 is 0. The Labute approximate surface area is 171 Å². The molecule has 2 aromatic carbocycles. The molecule has 3 rings (SSSR count). The number of nitrogens with zero attached hydrogens (tertiary/aromatic N) is 1. The quantitative estimate of drug-likeness (QED) is 0.739. The number of ether oxygens (including phenoxy) is 2. The summed E-state index contributed by atoms with van der Waals surface area (Å²) < 4.78 is 11.3. The maximum atomic E-state index is 12.7. The third-order valence-corrected chi connectivity index (χ3v) is 4.68. The summed E-state index contributed by atoms with van der Waals surface area (Å²) in [6.07, 6.45) is 1.21. The van der Waals surface area contributed by atoms with Gasteiger partial charge in [0, 0.05) is 19.4 Å². The number of para-hydroxylation sites is 2. The van der Waals surface area contributed by atoms with Crippen molar-refractivity contribution in [2.75, 3.05) is 18.1 Å². The van der Waals surface area contributed by atoms with Crippen molar-refractivity contribution in [3.8, 4) is 11.5 Å². The van der Waals surface area contributed by atoms with Gasteiger partial charge in [0.15, 0.2) is 0 Å². The maximum absolute atomic E-state index is 12.7. The highest BCUT2D eigenvalue weighted by molar-refractivity contribution is 5.97. The molecule has 0 aromatic heterocycles. The molecule has 2 aromatic rings. The zero-order valence-corrected chi connectivity index (χ0v) is 17.0. The van der Waals surface area contributed by atoms with Crippen LogP contribution in [0.4, 0.5) is 5.69 Å². The molecule has 0 saturated carbocycles. The number of rotatable bonds is 8. The lowest BCUT2D eigenvalue weighted by Crippen LogP contribution is -2.42. The smallest absolute Gasteiger partial charge is 0.227 e. The Balaban J connectivity index is 1.46. The normalized spacial score (nSPS) is 15.2. The first kappa shape index (κ1) is 20.7. The number of amides is 2. The van der Waals surface area contributed by atoms with Crippen molar-refractivity contribution in [3.63, 3.8) is 0 Å². The summed E-state index contributed by atoms with van der Waals surface area (Å²) in [5.41, 5.74) is 1.76. The van der Waals surface area contributed by atoms with Crippen molar-refractivity contribution >= 4 is 17.5 Å². The van der Waals surface area contributed by atoms with Crippen LogP contribution in [0, 0.1) is 0 Å². The van der Waals surface area contributed by atoms with E-state index < -0.39 is 0 Å². The van der Waals surface area contributed by atoms with Gasteiger partial charge in [0.1, 0.15) is 17.6 Å². The van der Waals surface area contributed by atoms with Crippen LogP contribution in [-0.4, -0.2) is 31.1 Å². The van der Waals surface area contributed by atoms with Gasteiger partial charge in [0.2, 0.25) is 11.8 Å². The highest BCUT2D eigenvalue weighted by atomic mass is 16.5. The average molecular weight is 396 g/mol. The third kappa shape index (κ3) is 5.73. The molecule has 0 spiro atoms. The summed E-state index contributed by atoms with van der Waals surface area (Å²) in [7, 11) is 0. The van der Waals surface area contributed by atoms with E-state index >= 15 is 0 Å². The van der Waals surface area contributed by atoms with Crippen molar-refractivity contribution in [2.45, 2.75) is 45.8 Å². The fourth-order valence-electron chi connectivity index (χ4n) is 3.19. The summed E-state index contributed by atoms with van der Waals surface area (Å²) in [5, 5.41) is 2.87. The lowest BCUT2D eigenvalue weighted by molar-refractivity contribution is -0.125. The predicted octanol–water partition coefficient (Wildman–Crippen LogP) is 3.69. The molecule has 0 radical (unpaired) electrons. The highest BCUT2D eigenvalue weighted by Crippen LogP contribution is 2.33. The predicted molar refractivity (Wildman–Crippen MR) is 112 cm³/mol. The van der Waals surface area contributed by atoms with Crippen LogP contribution >= 0.6 is 0 Å². The Kier molecular flexibility index (Phi) is 7.11. The van der Waals surface area contributed by atoms with Gasteiger partial charge in [-0.1, -0.05) is 31.2 Å². The molecule has 0 fully saturated rings. The van der Waals surface area contributed by atoms with Gasteiger partial charge < -0.3 is 19.7 Å². The first-order valence-corrected chi connectivity index (χ1v) is 10.1. The second-order valence-electron chi connectivity index (χ2n) is 7.17. The monoisotopic (exact) mass is 396 g/mol. The SMILES string of the molecule is CCCOc1ccc(CNC(=O)CCC(=O)N2C[C@H](C)Oc3ccccc32)cc1. The van der Waals surface area contributed by atoms with E-state index in [2.05, 4.69) is 12.2 Å². The molecular formula is C23H28N2O4. The number of fused-ring (bicyclic) bond motifs is 1.